The molecule has 0 saturated carbocycles. The molecule has 1 saturated heterocycles. The standard InChI is InChI=1S/C24H33F3N4O2S/c1-22(2,3)30-29-19-10-9-16(24(25,26)27)14-18(19)20(32)28-21-31(11-13-34-21,23(4,5)6)15-17-8-7-12-33-17/h9-11,13-14,17,30H,7-8,12,15H2,1-6H3/p+1/b28-21-/t17-,31?/m1/s1. The van der Waals surface area contributed by atoms with Crippen molar-refractivity contribution in [3.8, 4) is 0 Å². The molecule has 188 valence electrons. The summed E-state index contributed by atoms with van der Waals surface area (Å²) in [5.74, 6) is -0.727. The van der Waals surface area contributed by atoms with Gasteiger partial charge in [-0.15, -0.1) is 4.99 Å². The minimum atomic E-state index is -4.58. The van der Waals surface area contributed by atoms with Crippen molar-refractivity contribution >= 4 is 28.5 Å². The van der Waals surface area contributed by atoms with Gasteiger partial charge < -0.3 is 10.2 Å². The Morgan fingerprint density at radius 3 is 2.47 bits per heavy atom. The lowest BCUT2D eigenvalue weighted by Gasteiger charge is -2.43. The number of hydrazine groups is 1. The van der Waals surface area contributed by atoms with E-state index in [4.69, 9.17) is 4.74 Å². The molecule has 0 radical (unpaired) electrons. The van der Waals surface area contributed by atoms with E-state index in [0.717, 1.165) is 25.0 Å². The summed E-state index contributed by atoms with van der Waals surface area (Å²) >= 11 is 1.32. The molecule has 1 unspecified atom stereocenters. The van der Waals surface area contributed by atoms with E-state index < -0.39 is 17.6 Å². The number of rotatable bonds is 5. The monoisotopic (exact) mass is 499 g/mol. The molecular formula is C24H34F3N4O2S+. The van der Waals surface area contributed by atoms with Crippen molar-refractivity contribution in [2.45, 2.75) is 77.7 Å². The van der Waals surface area contributed by atoms with Crippen molar-refractivity contribution in [3.63, 3.8) is 0 Å². The topological polar surface area (TPSA) is 62.7 Å². The second-order valence-corrected chi connectivity index (χ2v) is 11.6. The predicted molar refractivity (Wildman–Crippen MR) is 130 cm³/mol. The smallest absolute Gasteiger partial charge is 0.372 e. The zero-order valence-electron chi connectivity index (χ0n) is 20.5. The number of thioether (sulfide) groups is 1. The molecule has 2 aliphatic heterocycles. The minimum absolute atomic E-state index is 0.0321. The molecule has 0 spiro atoms. The maximum absolute atomic E-state index is 13.4. The fourth-order valence-electron chi connectivity index (χ4n) is 3.91. The third-order valence-electron chi connectivity index (χ3n) is 5.89. The molecule has 34 heavy (non-hydrogen) atoms. The van der Waals surface area contributed by atoms with Crippen LogP contribution in [-0.4, -0.2) is 45.9 Å². The van der Waals surface area contributed by atoms with Crippen LogP contribution in [0.4, 0.5) is 18.9 Å². The van der Waals surface area contributed by atoms with E-state index >= 15 is 0 Å². The van der Waals surface area contributed by atoms with Crippen molar-refractivity contribution in [1.29, 1.82) is 0 Å². The van der Waals surface area contributed by atoms with Crippen LogP contribution in [0.2, 0.25) is 0 Å². The minimum Gasteiger partial charge on any atom is -0.372 e. The Bertz CT molecular complexity index is 974. The fraction of sp³-hybridized carbons (Fsp3) is 0.583. The number of nitrogens with one attached hydrogen (secondary N) is 2. The number of carbonyl (C=O) groups is 1. The Morgan fingerprint density at radius 2 is 1.91 bits per heavy atom. The normalized spacial score (nSPS) is 24.7. The van der Waals surface area contributed by atoms with Crippen LogP contribution < -0.4 is 10.9 Å². The van der Waals surface area contributed by atoms with Crippen LogP contribution in [0.3, 0.4) is 0 Å². The van der Waals surface area contributed by atoms with Gasteiger partial charge in [0.25, 0.3) is 11.1 Å². The Morgan fingerprint density at radius 1 is 1.21 bits per heavy atom. The van der Waals surface area contributed by atoms with Gasteiger partial charge >= 0.3 is 6.18 Å². The second-order valence-electron chi connectivity index (χ2n) is 10.7. The highest BCUT2D eigenvalue weighted by Crippen LogP contribution is 2.39. The van der Waals surface area contributed by atoms with Crippen LogP contribution in [0.1, 0.15) is 70.3 Å². The van der Waals surface area contributed by atoms with Gasteiger partial charge in [-0.1, -0.05) is 0 Å². The number of amides is 1. The molecule has 0 aliphatic carbocycles. The zero-order valence-corrected chi connectivity index (χ0v) is 21.4. The number of hydrogen-bond donors (Lipinski definition) is 2. The van der Waals surface area contributed by atoms with Crippen LogP contribution in [0.15, 0.2) is 34.8 Å². The van der Waals surface area contributed by atoms with Gasteiger partial charge in [-0.05, 0) is 84.3 Å². The first-order valence-corrected chi connectivity index (χ1v) is 12.2. The average Bonchev–Trinajstić information content (AvgIpc) is 3.35. The molecule has 2 atom stereocenters. The fourth-order valence-corrected chi connectivity index (χ4v) is 5.03. The van der Waals surface area contributed by atoms with Crippen molar-refractivity contribution in [3.05, 3.63) is 40.9 Å². The number of ether oxygens (including phenoxy) is 1. The third-order valence-corrected chi connectivity index (χ3v) is 6.78. The van der Waals surface area contributed by atoms with Gasteiger partial charge in [0.15, 0.2) is 0 Å². The van der Waals surface area contributed by atoms with Crippen molar-refractivity contribution < 1.29 is 27.2 Å². The third kappa shape index (κ3) is 6.02. The molecule has 0 aromatic heterocycles. The largest absolute Gasteiger partial charge is 0.416 e. The van der Waals surface area contributed by atoms with Gasteiger partial charge in [0.05, 0.1) is 16.8 Å². The van der Waals surface area contributed by atoms with Crippen molar-refractivity contribution in [2.75, 3.05) is 18.6 Å². The number of amidine groups is 1. The molecule has 1 amide bonds. The number of nitrogens with zero attached hydrogens (tertiary/aromatic N) is 2. The Kier molecular flexibility index (Phi) is 7.58. The molecule has 1 aromatic carbocycles. The van der Waals surface area contributed by atoms with E-state index in [1.807, 2.05) is 32.4 Å². The van der Waals surface area contributed by atoms with Gasteiger partial charge in [0.2, 0.25) is 0 Å². The highest BCUT2D eigenvalue weighted by molar-refractivity contribution is 8.16. The lowest BCUT2D eigenvalue weighted by Crippen LogP contribution is -2.60. The average molecular weight is 500 g/mol. The molecule has 2 N–H and O–H groups in total. The van der Waals surface area contributed by atoms with E-state index in [2.05, 4.69) is 36.6 Å². The molecule has 10 heteroatoms. The number of anilines is 1. The summed E-state index contributed by atoms with van der Waals surface area (Å²) < 4.78 is 46.5. The number of hydrogen-bond acceptors (Lipinski definition) is 5. The van der Waals surface area contributed by atoms with E-state index in [9.17, 15) is 18.0 Å². The number of carbonyl (C=O) groups excluding carboxylic acids is 1. The van der Waals surface area contributed by atoms with E-state index in [1.54, 1.807) is 0 Å². The maximum Gasteiger partial charge on any atom is 0.416 e. The second kappa shape index (κ2) is 9.64. The Balaban J connectivity index is 2.02. The molecule has 1 aromatic rings. The van der Waals surface area contributed by atoms with E-state index in [1.165, 1.54) is 17.8 Å². The molecular weight excluding hydrogens is 465 g/mol. The summed E-state index contributed by atoms with van der Waals surface area (Å²) in [5, 5.41) is 2.42. The van der Waals surface area contributed by atoms with E-state index in [0.29, 0.717) is 22.8 Å². The highest BCUT2D eigenvalue weighted by atomic mass is 32.2. The molecule has 2 heterocycles. The van der Waals surface area contributed by atoms with Crippen LogP contribution in [0, 0.1) is 0 Å². The van der Waals surface area contributed by atoms with Gasteiger partial charge in [0, 0.05) is 17.6 Å². The highest BCUT2D eigenvalue weighted by Gasteiger charge is 2.49. The number of alkyl halides is 3. The Labute approximate surface area is 203 Å². The van der Waals surface area contributed by atoms with Crippen molar-refractivity contribution in [2.24, 2.45) is 4.99 Å². The molecule has 1 fully saturated rings. The van der Waals surface area contributed by atoms with Crippen LogP contribution in [0.25, 0.3) is 0 Å². The molecule has 2 aliphatic rings. The summed E-state index contributed by atoms with van der Waals surface area (Å²) in [7, 11) is 0. The lowest BCUT2D eigenvalue weighted by molar-refractivity contribution is -0.838. The quantitative estimate of drug-likeness (QED) is 0.388. The summed E-state index contributed by atoms with van der Waals surface area (Å²) in [4.78, 5) is 17.8. The predicted octanol–water partition coefficient (Wildman–Crippen LogP) is 5.93. The van der Waals surface area contributed by atoms with Gasteiger partial charge in [-0.25, -0.2) is 9.91 Å². The first-order chi connectivity index (χ1) is 15.6. The lowest BCUT2D eigenvalue weighted by atomic mass is 10.0. The van der Waals surface area contributed by atoms with Crippen LogP contribution >= 0.6 is 11.8 Å². The first-order valence-electron chi connectivity index (χ1n) is 11.3. The molecule has 6 nitrogen and oxygen atoms in total. The molecule has 0 bridgehead atoms. The van der Waals surface area contributed by atoms with Crippen LogP contribution in [-0.2, 0) is 10.9 Å². The summed E-state index contributed by atoms with van der Waals surface area (Å²) in [6, 6.07) is 3.07. The van der Waals surface area contributed by atoms with Gasteiger partial charge in [0.1, 0.15) is 24.4 Å². The summed E-state index contributed by atoms with van der Waals surface area (Å²) in [6.45, 7) is 13.2. The van der Waals surface area contributed by atoms with Crippen LogP contribution in [0.5, 0.6) is 0 Å². The number of benzene rings is 1. The van der Waals surface area contributed by atoms with Gasteiger partial charge in [-0.2, -0.15) is 13.2 Å². The molecule has 3 rings (SSSR count). The van der Waals surface area contributed by atoms with Gasteiger partial charge in [-0.3, -0.25) is 4.79 Å². The maximum atomic E-state index is 13.4. The summed E-state index contributed by atoms with van der Waals surface area (Å²) in [5.41, 5.74) is 4.38. The Hall–Kier alpha value is -1.88. The van der Waals surface area contributed by atoms with E-state index in [-0.39, 0.29) is 28.4 Å². The first kappa shape index (κ1) is 26.7. The number of quaternary nitrogens is 1. The number of aliphatic imine (C=N–C) groups is 1. The summed E-state index contributed by atoms with van der Waals surface area (Å²) in [6.07, 6.45) is -0.630. The van der Waals surface area contributed by atoms with Crippen molar-refractivity contribution in [1.82, 2.24) is 5.43 Å². The number of halogens is 3. The SMILES string of the molecule is CC(C)(C)NNc1ccc(C(F)(F)F)cc1C(=O)/N=C1\SC=C[N+]1(C[C@H]1CCCO1)C(C)(C)C. The zero-order chi connectivity index (χ0) is 25.4.